The topological polar surface area (TPSA) is 92.7 Å². The van der Waals surface area contributed by atoms with Gasteiger partial charge in [0.15, 0.2) is 5.78 Å². The third kappa shape index (κ3) is 2.42. The fourth-order valence-corrected chi connectivity index (χ4v) is 2.96. The molecule has 114 valence electrons. The number of aliphatic carboxylic acids is 1. The van der Waals surface area contributed by atoms with Crippen LogP contribution in [0.2, 0.25) is 0 Å². The van der Waals surface area contributed by atoms with E-state index in [1.165, 1.54) is 6.92 Å². The summed E-state index contributed by atoms with van der Waals surface area (Å²) < 4.78 is 5.47. The maximum atomic E-state index is 12.4. The van der Waals surface area contributed by atoms with Crippen LogP contribution in [0.4, 0.5) is 5.69 Å². The van der Waals surface area contributed by atoms with Crippen molar-refractivity contribution < 1.29 is 24.2 Å². The number of Topliss-reactive ketones (excluding diaryl/α,β-unsaturated/α-hetero) is 1. The molecule has 1 amide bonds. The molecule has 1 aromatic carbocycles. The van der Waals surface area contributed by atoms with Crippen LogP contribution in [0.5, 0.6) is 0 Å². The number of benzene rings is 1. The summed E-state index contributed by atoms with van der Waals surface area (Å²) in [5.41, 5.74) is 0.949. The van der Waals surface area contributed by atoms with E-state index in [0.29, 0.717) is 11.3 Å². The summed E-state index contributed by atoms with van der Waals surface area (Å²) in [4.78, 5) is 35.2. The predicted octanol–water partition coefficient (Wildman–Crippen LogP) is 1.48. The van der Waals surface area contributed by atoms with Gasteiger partial charge < -0.3 is 15.2 Å². The SMILES string of the molecule is CC(=O)c1cccc(NC(=O)[C@@H]2[C@@H](C(=O)O)[C@H]3C=C[C@H]2O3)c1. The van der Waals surface area contributed by atoms with Crippen molar-refractivity contribution in [3.05, 3.63) is 42.0 Å². The molecule has 3 rings (SSSR count). The summed E-state index contributed by atoms with van der Waals surface area (Å²) >= 11 is 0. The minimum atomic E-state index is -1.05. The molecule has 4 atom stereocenters. The molecule has 22 heavy (non-hydrogen) atoms. The molecular weight excluding hydrogens is 286 g/mol. The van der Waals surface area contributed by atoms with E-state index < -0.39 is 35.9 Å². The largest absolute Gasteiger partial charge is 0.481 e. The Hall–Kier alpha value is -2.47. The van der Waals surface area contributed by atoms with Gasteiger partial charge in [-0.1, -0.05) is 24.3 Å². The molecule has 0 unspecified atom stereocenters. The summed E-state index contributed by atoms with van der Waals surface area (Å²) in [7, 11) is 0. The van der Waals surface area contributed by atoms with Crippen molar-refractivity contribution in [2.45, 2.75) is 19.1 Å². The zero-order chi connectivity index (χ0) is 15.9. The van der Waals surface area contributed by atoms with Crippen LogP contribution in [0.25, 0.3) is 0 Å². The Kier molecular flexibility index (Phi) is 3.54. The number of carbonyl (C=O) groups excluding carboxylic acids is 2. The monoisotopic (exact) mass is 301 g/mol. The molecule has 1 saturated heterocycles. The first-order chi connectivity index (χ1) is 10.5. The van der Waals surface area contributed by atoms with Gasteiger partial charge in [-0.3, -0.25) is 14.4 Å². The highest BCUT2D eigenvalue weighted by atomic mass is 16.5. The number of carboxylic acid groups (broad SMARTS) is 1. The van der Waals surface area contributed by atoms with Gasteiger partial charge >= 0.3 is 5.97 Å². The minimum Gasteiger partial charge on any atom is -0.481 e. The van der Waals surface area contributed by atoms with Crippen molar-refractivity contribution in [3.63, 3.8) is 0 Å². The molecule has 1 fully saturated rings. The first-order valence-electron chi connectivity index (χ1n) is 6.96. The fourth-order valence-electron chi connectivity index (χ4n) is 2.96. The molecular formula is C16H15NO5. The number of fused-ring (bicyclic) bond motifs is 2. The van der Waals surface area contributed by atoms with Gasteiger partial charge in [0.2, 0.25) is 5.91 Å². The van der Waals surface area contributed by atoms with Gasteiger partial charge in [-0.15, -0.1) is 0 Å². The molecule has 0 spiro atoms. The van der Waals surface area contributed by atoms with Gasteiger partial charge in [-0.2, -0.15) is 0 Å². The highest BCUT2D eigenvalue weighted by Crippen LogP contribution is 2.39. The molecule has 6 heteroatoms. The van der Waals surface area contributed by atoms with E-state index in [9.17, 15) is 19.5 Å². The maximum absolute atomic E-state index is 12.4. The van der Waals surface area contributed by atoms with E-state index in [1.807, 2.05) is 0 Å². The zero-order valence-corrected chi connectivity index (χ0v) is 11.9. The lowest BCUT2D eigenvalue weighted by Gasteiger charge is -2.21. The number of hydrogen-bond donors (Lipinski definition) is 2. The van der Waals surface area contributed by atoms with Crippen LogP contribution >= 0.6 is 0 Å². The molecule has 2 N–H and O–H groups in total. The minimum absolute atomic E-state index is 0.106. The standard InChI is InChI=1S/C16H15NO5/c1-8(18)9-3-2-4-10(7-9)17-15(19)13-11-5-6-12(22-11)14(13)16(20)21/h2-7,11-14H,1H3,(H,17,19)(H,20,21)/t11-,12-,13+,14+/m1/s1. The van der Waals surface area contributed by atoms with Crippen LogP contribution < -0.4 is 5.32 Å². The van der Waals surface area contributed by atoms with Crippen molar-refractivity contribution in [3.8, 4) is 0 Å². The predicted molar refractivity (Wildman–Crippen MR) is 77.5 cm³/mol. The molecule has 1 aromatic rings. The van der Waals surface area contributed by atoms with Crippen LogP contribution in [-0.2, 0) is 14.3 Å². The molecule has 2 aliphatic rings. The third-order valence-corrected chi connectivity index (χ3v) is 4.02. The Bertz CT molecular complexity index is 681. The molecule has 2 bridgehead atoms. The quantitative estimate of drug-likeness (QED) is 0.649. The van der Waals surface area contributed by atoms with E-state index in [2.05, 4.69) is 5.32 Å². The van der Waals surface area contributed by atoms with E-state index in [-0.39, 0.29) is 5.78 Å². The Morgan fingerprint density at radius 3 is 2.45 bits per heavy atom. The lowest BCUT2D eigenvalue weighted by atomic mass is 9.82. The smallest absolute Gasteiger partial charge is 0.310 e. The number of ketones is 1. The number of rotatable bonds is 4. The summed E-state index contributed by atoms with van der Waals surface area (Å²) in [6.07, 6.45) is 2.34. The Morgan fingerprint density at radius 1 is 1.14 bits per heavy atom. The van der Waals surface area contributed by atoms with E-state index in [4.69, 9.17) is 4.74 Å². The summed E-state index contributed by atoms with van der Waals surface area (Å²) in [5.74, 6) is -3.22. The van der Waals surface area contributed by atoms with Crippen LogP contribution in [-0.4, -0.2) is 35.0 Å². The van der Waals surface area contributed by atoms with Crippen molar-refractivity contribution in [2.75, 3.05) is 5.32 Å². The first kappa shape index (κ1) is 14.5. The summed E-state index contributed by atoms with van der Waals surface area (Å²) in [6, 6.07) is 6.55. The molecule has 6 nitrogen and oxygen atoms in total. The average Bonchev–Trinajstić information content (AvgIpc) is 3.07. The highest BCUT2D eigenvalue weighted by Gasteiger charge is 2.53. The number of carboxylic acids is 1. The van der Waals surface area contributed by atoms with Gasteiger partial charge in [0, 0.05) is 11.3 Å². The average molecular weight is 301 g/mol. The molecule has 0 radical (unpaired) electrons. The second kappa shape index (κ2) is 5.38. The van der Waals surface area contributed by atoms with Gasteiger partial charge in [-0.05, 0) is 19.1 Å². The van der Waals surface area contributed by atoms with Crippen LogP contribution in [0, 0.1) is 11.8 Å². The zero-order valence-electron chi connectivity index (χ0n) is 11.9. The normalized spacial score (nSPS) is 28.6. The molecule has 2 heterocycles. The van der Waals surface area contributed by atoms with Crippen molar-refractivity contribution in [1.82, 2.24) is 0 Å². The molecule has 0 saturated carbocycles. The molecule has 2 aliphatic heterocycles. The van der Waals surface area contributed by atoms with Crippen LogP contribution in [0.15, 0.2) is 36.4 Å². The Labute approximate surface area is 126 Å². The number of anilines is 1. The lowest BCUT2D eigenvalue weighted by molar-refractivity contribution is -0.145. The van der Waals surface area contributed by atoms with Gasteiger partial charge in [0.1, 0.15) is 5.92 Å². The molecule has 0 aliphatic carbocycles. The molecule has 0 aromatic heterocycles. The Balaban J connectivity index is 1.80. The van der Waals surface area contributed by atoms with Crippen molar-refractivity contribution >= 4 is 23.3 Å². The number of ether oxygens (including phenoxy) is 1. The summed E-state index contributed by atoms with van der Waals surface area (Å²) in [5, 5.41) is 12.0. The number of nitrogens with one attached hydrogen (secondary N) is 1. The second-order valence-corrected chi connectivity index (χ2v) is 5.47. The lowest BCUT2D eigenvalue weighted by Crippen LogP contribution is -2.39. The second-order valence-electron chi connectivity index (χ2n) is 5.47. The van der Waals surface area contributed by atoms with E-state index in [0.717, 1.165) is 0 Å². The first-order valence-corrected chi connectivity index (χ1v) is 6.96. The van der Waals surface area contributed by atoms with Crippen molar-refractivity contribution in [2.24, 2.45) is 11.8 Å². The number of amides is 1. The Morgan fingerprint density at radius 2 is 1.82 bits per heavy atom. The summed E-state index contributed by atoms with van der Waals surface area (Å²) in [6.45, 7) is 1.44. The fraction of sp³-hybridized carbons (Fsp3) is 0.312. The van der Waals surface area contributed by atoms with Gasteiger partial charge in [0.05, 0.1) is 18.1 Å². The van der Waals surface area contributed by atoms with Gasteiger partial charge in [0.25, 0.3) is 0 Å². The van der Waals surface area contributed by atoms with E-state index >= 15 is 0 Å². The van der Waals surface area contributed by atoms with E-state index in [1.54, 1.807) is 36.4 Å². The number of carbonyl (C=O) groups is 3. The maximum Gasteiger partial charge on any atom is 0.310 e. The van der Waals surface area contributed by atoms with Gasteiger partial charge in [-0.25, -0.2) is 0 Å². The number of hydrogen-bond acceptors (Lipinski definition) is 4. The van der Waals surface area contributed by atoms with Crippen LogP contribution in [0.3, 0.4) is 0 Å². The highest BCUT2D eigenvalue weighted by molar-refractivity contribution is 5.99. The third-order valence-electron chi connectivity index (χ3n) is 4.02. The van der Waals surface area contributed by atoms with Crippen LogP contribution in [0.1, 0.15) is 17.3 Å². The van der Waals surface area contributed by atoms with Crippen molar-refractivity contribution in [1.29, 1.82) is 0 Å².